The molecule has 2 heterocycles. The lowest BCUT2D eigenvalue weighted by Crippen LogP contribution is -2.40. The van der Waals surface area contributed by atoms with Gasteiger partial charge in [-0.25, -0.2) is 4.98 Å². The van der Waals surface area contributed by atoms with Crippen molar-refractivity contribution >= 4 is 44.9 Å². The van der Waals surface area contributed by atoms with Crippen molar-refractivity contribution in [1.82, 2.24) is 4.98 Å². The Morgan fingerprint density at radius 1 is 1.56 bits per heavy atom. The van der Waals surface area contributed by atoms with Gasteiger partial charge >= 0.3 is 0 Å². The van der Waals surface area contributed by atoms with Gasteiger partial charge < -0.3 is 4.90 Å². The summed E-state index contributed by atoms with van der Waals surface area (Å²) in [4.78, 5) is 6.62. The van der Waals surface area contributed by atoms with Crippen LogP contribution in [0.25, 0.3) is 0 Å². The first-order valence-corrected chi connectivity index (χ1v) is 6.88. The molecule has 0 bridgehead atoms. The van der Waals surface area contributed by atoms with E-state index in [4.69, 9.17) is 23.2 Å². The van der Waals surface area contributed by atoms with Crippen molar-refractivity contribution in [3.8, 4) is 0 Å². The summed E-state index contributed by atoms with van der Waals surface area (Å²) in [5.41, 5.74) is 0. The molecule has 88 valence electrons. The van der Waals surface area contributed by atoms with Gasteiger partial charge in [-0.2, -0.15) is 0 Å². The monoisotopic (exact) mass is 322 g/mol. The van der Waals surface area contributed by atoms with Gasteiger partial charge in [-0.05, 0) is 34.3 Å². The second-order valence-electron chi connectivity index (χ2n) is 4.19. The highest BCUT2D eigenvalue weighted by Gasteiger charge is 2.25. The number of pyridine rings is 1. The van der Waals surface area contributed by atoms with Crippen molar-refractivity contribution in [2.24, 2.45) is 5.92 Å². The number of piperidine rings is 1. The molecule has 1 aromatic heterocycles. The van der Waals surface area contributed by atoms with Gasteiger partial charge in [0.15, 0.2) is 0 Å². The van der Waals surface area contributed by atoms with Crippen LogP contribution in [0.3, 0.4) is 0 Å². The molecule has 1 aliphatic heterocycles. The van der Waals surface area contributed by atoms with E-state index < -0.39 is 0 Å². The molecule has 2 nitrogen and oxygen atoms in total. The van der Waals surface area contributed by atoms with E-state index >= 15 is 0 Å². The van der Waals surface area contributed by atoms with E-state index in [1.165, 1.54) is 0 Å². The molecule has 0 spiro atoms. The summed E-state index contributed by atoms with van der Waals surface area (Å²) < 4.78 is 0.945. The predicted molar refractivity (Wildman–Crippen MR) is 72.6 cm³/mol. The lowest BCUT2D eigenvalue weighted by molar-refractivity contribution is 0.452. The number of nitrogens with zero attached hydrogens (tertiary/aromatic N) is 2. The number of hydrogen-bond acceptors (Lipinski definition) is 2. The second kappa shape index (κ2) is 5.11. The topological polar surface area (TPSA) is 16.1 Å². The molecule has 0 radical (unpaired) electrons. The minimum atomic E-state index is 0.280. The molecule has 2 unspecified atom stereocenters. The van der Waals surface area contributed by atoms with Crippen LogP contribution in [-0.2, 0) is 0 Å². The number of hydrogen-bond donors (Lipinski definition) is 0. The summed E-state index contributed by atoms with van der Waals surface area (Å²) in [7, 11) is 0. The molecular formula is C11H13BrCl2N2. The van der Waals surface area contributed by atoms with Gasteiger partial charge in [0.05, 0.1) is 9.50 Å². The SMILES string of the molecule is CC1CN(c2ncc(Cl)cc2Br)CCC1Cl. The summed E-state index contributed by atoms with van der Waals surface area (Å²) in [6, 6.07) is 1.88. The Balaban J connectivity index is 2.18. The molecule has 1 fully saturated rings. The molecule has 1 aliphatic rings. The maximum absolute atomic E-state index is 6.20. The van der Waals surface area contributed by atoms with Gasteiger partial charge in [-0.3, -0.25) is 0 Å². The maximum Gasteiger partial charge on any atom is 0.142 e. The molecule has 5 heteroatoms. The van der Waals surface area contributed by atoms with Crippen LogP contribution < -0.4 is 4.90 Å². The molecule has 2 rings (SSSR count). The highest BCUT2D eigenvalue weighted by Crippen LogP contribution is 2.31. The third-order valence-electron chi connectivity index (χ3n) is 2.89. The molecule has 0 amide bonds. The Kier molecular flexibility index (Phi) is 3.98. The Morgan fingerprint density at radius 2 is 2.31 bits per heavy atom. The Hall–Kier alpha value is 0.01000. The Labute approximate surface area is 114 Å². The second-order valence-corrected chi connectivity index (χ2v) is 6.04. The van der Waals surface area contributed by atoms with Crippen molar-refractivity contribution in [2.75, 3.05) is 18.0 Å². The zero-order valence-electron chi connectivity index (χ0n) is 8.96. The first-order valence-electron chi connectivity index (χ1n) is 5.28. The molecule has 1 aromatic rings. The third-order valence-corrected chi connectivity index (χ3v) is 4.33. The summed E-state index contributed by atoms with van der Waals surface area (Å²) in [6.07, 6.45) is 2.68. The first kappa shape index (κ1) is 12.5. The molecule has 0 aromatic carbocycles. The average Bonchev–Trinajstić information content (AvgIpc) is 2.22. The largest absolute Gasteiger partial charge is 0.355 e. The number of rotatable bonds is 1. The van der Waals surface area contributed by atoms with Gasteiger partial charge in [0, 0.05) is 24.7 Å². The summed E-state index contributed by atoms with van der Waals surface area (Å²) in [6.45, 7) is 4.07. The Morgan fingerprint density at radius 3 is 2.94 bits per heavy atom. The average molecular weight is 324 g/mol. The van der Waals surface area contributed by atoms with E-state index in [2.05, 4.69) is 32.7 Å². The lowest BCUT2D eigenvalue weighted by Gasteiger charge is -2.35. The fourth-order valence-corrected chi connectivity index (χ4v) is 3.02. The minimum Gasteiger partial charge on any atom is -0.355 e. The number of halogens is 3. The van der Waals surface area contributed by atoms with Crippen LogP contribution >= 0.6 is 39.1 Å². The van der Waals surface area contributed by atoms with E-state index in [9.17, 15) is 0 Å². The first-order chi connectivity index (χ1) is 7.58. The summed E-state index contributed by atoms with van der Waals surface area (Å²) in [5, 5.41) is 0.929. The summed E-state index contributed by atoms with van der Waals surface area (Å²) in [5.74, 6) is 1.44. The minimum absolute atomic E-state index is 0.280. The van der Waals surface area contributed by atoms with E-state index in [0.29, 0.717) is 10.9 Å². The highest BCUT2D eigenvalue weighted by molar-refractivity contribution is 9.10. The van der Waals surface area contributed by atoms with Crippen LogP contribution in [0.5, 0.6) is 0 Å². The fourth-order valence-electron chi connectivity index (χ4n) is 1.95. The van der Waals surface area contributed by atoms with Crippen LogP contribution in [0.2, 0.25) is 5.02 Å². The zero-order chi connectivity index (χ0) is 11.7. The standard InChI is InChI=1S/C11H13BrCl2N2/c1-7-6-16(3-2-10(7)14)11-9(12)4-8(13)5-15-11/h4-5,7,10H,2-3,6H2,1H3. The highest BCUT2D eigenvalue weighted by atomic mass is 79.9. The molecule has 2 atom stereocenters. The predicted octanol–water partition coefficient (Wildman–Crippen LogP) is 3.95. The molecule has 0 N–H and O–H groups in total. The molecule has 16 heavy (non-hydrogen) atoms. The van der Waals surface area contributed by atoms with Crippen molar-refractivity contribution in [2.45, 2.75) is 18.7 Å². The maximum atomic E-state index is 6.20. The number of aromatic nitrogens is 1. The van der Waals surface area contributed by atoms with Gasteiger partial charge in [0.1, 0.15) is 5.82 Å². The van der Waals surface area contributed by atoms with E-state index in [0.717, 1.165) is 29.8 Å². The van der Waals surface area contributed by atoms with Gasteiger partial charge in [0.2, 0.25) is 0 Å². The molecule has 0 aliphatic carbocycles. The molecule has 0 saturated carbocycles. The van der Waals surface area contributed by atoms with E-state index in [-0.39, 0.29) is 5.38 Å². The van der Waals surface area contributed by atoms with E-state index in [1.807, 2.05) is 6.07 Å². The van der Waals surface area contributed by atoms with Gasteiger partial charge in [0.25, 0.3) is 0 Å². The van der Waals surface area contributed by atoms with Crippen molar-refractivity contribution in [3.63, 3.8) is 0 Å². The van der Waals surface area contributed by atoms with Crippen molar-refractivity contribution < 1.29 is 0 Å². The normalized spacial score (nSPS) is 25.9. The van der Waals surface area contributed by atoms with Gasteiger partial charge in [-0.15, -0.1) is 11.6 Å². The summed E-state index contributed by atoms with van der Waals surface area (Å²) >= 11 is 15.6. The number of alkyl halides is 1. The third kappa shape index (κ3) is 2.63. The van der Waals surface area contributed by atoms with Gasteiger partial charge in [-0.1, -0.05) is 18.5 Å². The van der Waals surface area contributed by atoms with Crippen LogP contribution in [0, 0.1) is 5.92 Å². The van der Waals surface area contributed by atoms with Crippen LogP contribution in [-0.4, -0.2) is 23.5 Å². The van der Waals surface area contributed by atoms with Crippen LogP contribution in [0.15, 0.2) is 16.7 Å². The van der Waals surface area contributed by atoms with Crippen molar-refractivity contribution in [3.05, 3.63) is 21.8 Å². The quantitative estimate of drug-likeness (QED) is 0.727. The van der Waals surface area contributed by atoms with E-state index in [1.54, 1.807) is 6.20 Å². The smallest absolute Gasteiger partial charge is 0.142 e. The zero-order valence-corrected chi connectivity index (χ0v) is 12.1. The fraction of sp³-hybridized carbons (Fsp3) is 0.545. The molecular weight excluding hydrogens is 311 g/mol. The van der Waals surface area contributed by atoms with Crippen LogP contribution in [0.1, 0.15) is 13.3 Å². The Bertz CT molecular complexity index is 386. The molecule has 1 saturated heterocycles. The number of anilines is 1. The van der Waals surface area contributed by atoms with Crippen LogP contribution in [0.4, 0.5) is 5.82 Å². The lowest BCUT2D eigenvalue weighted by atomic mass is 10.00. The van der Waals surface area contributed by atoms with Crippen molar-refractivity contribution in [1.29, 1.82) is 0 Å².